The summed E-state index contributed by atoms with van der Waals surface area (Å²) >= 11 is 0. The Hall–Kier alpha value is -3.15. The molecule has 0 radical (unpaired) electrons. The van der Waals surface area contributed by atoms with Crippen LogP contribution in [0.25, 0.3) is 11.3 Å². The topological polar surface area (TPSA) is 101 Å². The molecule has 11 heteroatoms. The molecule has 1 aromatic carbocycles. The van der Waals surface area contributed by atoms with E-state index < -0.39 is 5.60 Å². The standard InChI is InChI=1S/C37H52N8O3/c1-35(2,3)48-34(47)44-23-37(24-44)15-26(16-37)41-10-8-25(9-11-41)43-21-36(22-43)17-27(18-36)42-12-13-45-28(20-42)19-38-33-31(45)14-30(39-40-33)29-6-4-5-7-32(29)46/h4-7,14,25-28,46H,8-13,15-24H2,1-3H3,(H,38,40)/t28-/m0/s1. The third kappa shape index (κ3) is 5.40. The highest BCUT2D eigenvalue weighted by atomic mass is 16.6. The summed E-state index contributed by atoms with van der Waals surface area (Å²) in [6.45, 7) is 16.7. The number of ether oxygens (including phenoxy) is 1. The third-order valence-corrected chi connectivity index (χ3v) is 12.8. The lowest BCUT2D eigenvalue weighted by molar-refractivity contribution is -0.141. The molecule has 258 valence electrons. The molecule has 11 nitrogen and oxygen atoms in total. The molecule has 7 aliphatic rings. The number of likely N-dealkylation sites (tertiary alicyclic amines) is 3. The maximum absolute atomic E-state index is 12.4. The van der Waals surface area contributed by atoms with Gasteiger partial charge in [-0.05, 0) is 96.0 Å². The van der Waals surface area contributed by atoms with Crippen molar-refractivity contribution in [3.63, 3.8) is 0 Å². The van der Waals surface area contributed by atoms with E-state index in [0.717, 1.165) is 68.1 Å². The summed E-state index contributed by atoms with van der Waals surface area (Å²) in [6.07, 6.45) is 7.67. The number of para-hydroxylation sites is 1. The summed E-state index contributed by atoms with van der Waals surface area (Å²) in [5.74, 6) is 1.09. The van der Waals surface area contributed by atoms with Gasteiger partial charge in [0.1, 0.15) is 11.4 Å². The van der Waals surface area contributed by atoms with Gasteiger partial charge in [-0.3, -0.25) is 9.80 Å². The van der Waals surface area contributed by atoms with E-state index in [1.54, 1.807) is 6.07 Å². The monoisotopic (exact) mass is 656 g/mol. The first-order valence-electron chi connectivity index (χ1n) is 18.4. The molecule has 1 atom stereocenters. The van der Waals surface area contributed by atoms with Gasteiger partial charge in [-0.1, -0.05) is 12.1 Å². The molecule has 1 amide bonds. The van der Waals surface area contributed by atoms with Crippen molar-refractivity contribution in [1.82, 2.24) is 29.8 Å². The van der Waals surface area contributed by atoms with Crippen molar-refractivity contribution in [2.75, 3.05) is 75.7 Å². The van der Waals surface area contributed by atoms with E-state index in [-0.39, 0.29) is 11.8 Å². The first-order chi connectivity index (χ1) is 23.0. The fourth-order valence-electron chi connectivity index (χ4n) is 10.3. The fraction of sp³-hybridized carbons (Fsp3) is 0.703. The van der Waals surface area contributed by atoms with Gasteiger partial charge in [0.25, 0.3) is 0 Å². The summed E-state index contributed by atoms with van der Waals surface area (Å²) in [4.78, 5) is 25.1. The van der Waals surface area contributed by atoms with Crippen LogP contribution in [0.1, 0.15) is 59.3 Å². The molecule has 5 aliphatic heterocycles. The van der Waals surface area contributed by atoms with Crippen LogP contribution in [-0.2, 0) is 4.74 Å². The third-order valence-electron chi connectivity index (χ3n) is 12.8. The van der Waals surface area contributed by atoms with Crippen molar-refractivity contribution in [3.05, 3.63) is 30.3 Å². The molecule has 2 aromatic rings. The van der Waals surface area contributed by atoms with Crippen LogP contribution in [0.5, 0.6) is 5.75 Å². The highest BCUT2D eigenvalue weighted by Crippen LogP contribution is 2.53. The van der Waals surface area contributed by atoms with E-state index in [4.69, 9.17) is 4.74 Å². The van der Waals surface area contributed by atoms with Crippen molar-refractivity contribution >= 4 is 17.6 Å². The number of carbonyl (C=O) groups excluding carboxylic acids is 1. The molecule has 1 aromatic heterocycles. The first kappa shape index (κ1) is 30.9. The van der Waals surface area contributed by atoms with Crippen molar-refractivity contribution in [3.8, 4) is 17.0 Å². The second-order valence-corrected chi connectivity index (χ2v) is 17.3. The number of hydrogen-bond donors (Lipinski definition) is 2. The van der Waals surface area contributed by atoms with Gasteiger partial charge < -0.3 is 29.9 Å². The molecule has 6 heterocycles. The summed E-state index contributed by atoms with van der Waals surface area (Å²) in [5, 5.41) is 22.8. The maximum atomic E-state index is 12.4. The lowest BCUT2D eigenvalue weighted by Gasteiger charge is -2.65. The number of nitrogens with zero attached hydrogens (tertiary/aromatic N) is 7. The first-order valence-corrected chi connectivity index (χ1v) is 18.4. The van der Waals surface area contributed by atoms with Crippen LogP contribution in [-0.4, -0.2) is 136 Å². The molecule has 6 fully saturated rings. The van der Waals surface area contributed by atoms with Gasteiger partial charge in [-0.25, -0.2) is 4.79 Å². The molecule has 2 aliphatic carbocycles. The van der Waals surface area contributed by atoms with Gasteiger partial charge in [-0.2, -0.15) is 0 Å². The number of aromatic hydroxyl groups is 1. The second-order valence-electron chi connectivity index (χ2n) is 17.3. The van der Waals surface area contributed by atoms with Gasteiger partial charge >= 0.3 is 6.09 Å². The molecular weight excluding hydrogens is 604 g/mol. The number of carbonyl (C=O) groups is 1. The van der Waals surface area contributed by atoms with Gasteiger partial charge in [0.05, 0.1) is 17.4 Å². The predicted molar refractivity (Wildman–Crippen MR) is 185 cm³/mol. The Balaban J connectivity index is 0.708. The molecule has 2 saturated carbocycles. The minimum atomic E-state index is -0.418. The molecule has 2 N–H and O–H groups in total. The number of piperidine rings is 1. The summed E-state index contributed by atoms with van der Waals surface area (Å²) in [5.41, 5.74) is 3.05. The number of benzene rings is 1. The van der Waals surface area contributed by atoms with E-state index in [1.165, 1.54) is 64.7 Å². The summed E-state index contributed by atoms with van der Waals surface area (Å²) in [6, 6.07) is 12.1. The van der Waals surface area contributed by atoms with Crippen LogP contribution in [0.2, 0.25) is 0 Å². The average Bonchev–Trinajstić information content (AvgIpc) is 2.98. The van der Waals surface area contributed by atoms with Crippen molar-refractivity contribution in [2.45, 2.75) is 89.1 Å². The van der Waals surface area contributed by atoms with E-state index in [9.17, 15) is 9.90 Å². The molecule has 4 saturated heterocycles. The van der Waals surface area contributed by atoms with Gasteiger partial charge in [0, 0.05) is 81.5 Å². The summed E-state index contributed by atoms with van der Waals surface area (Å²) < 4.78 is 5.56. The lowest BCUT2D eigenvalue weighted by atomic mass is 9.59. The summed E-state index contributed by atoms with van der Waals surface area (Å²) in [7, 11) is 0. The van der Waals surface area contributed by atoms with E-state index >= 15 is 0 Å². The average molecular weight is 657 g/mol. The van der Waals surface area contributed by atoms with Gasteiger partial charge in [0.15, 0.2) is 5.82 Å². The van der Waals surface area contributed by atoms with Crippen LogP contribution in [0.15, 0.2) is 30.3 Å². The van der Waals surface area contributed by atoms with Crippen molar-refractivity contribution in [2.24, 2.45) is 10.8 Å². The number of amides is 1. The minimum absolute atomic E-state index is 0.144. The van der Waals surface area contributed by atoms with Crippen LogP contribution in [0, 0.1) is 10.8 Å². The molecule has 9 rings (SSSR count). The van der Waals surface area contributed by atoms with E-state index in [2.05, 4.69) is 41.2 Å². The second kappa shape index (κ2) is 11.2. The van der Waals surface area contributed by atoms with Gasteiger partial charge in [-0.15, -0.1) is 10.2 Å². The quantitative estimate of drug-likeness (QED) is 0.501. The smallest absolute Gasteiger partial charge is 0.410 e. The van der Waals surface area contributed by atoms with E-state index in [1.807, 2.05) is 43.9 Å². The van der Waals surface area contributed by atoms with Crippen LogP contribution in [0.4, 0.5) is 16.3 Å². The highest BCUT2D eigenvalue weighted by molar-refractivity contribution is 5.76. The Kier molecular flexibility index (Phi) is 7.19. The molecule has 0 bridgehead atoms. The number of nitrogens with one attached hydrogen (secondary N) is 1. The number of anilines is 2. The largest absolute Gasteiger partial charge is 0.507 e. The lowest BCUT2D eigenvalue weighted by Crippen LogP contribution is -2.71. The molecular formula is C37H52N8O3. The van der Waals surface area contributed by atoms with Crippen LogP contribution in [0.3, 0.4) is 0 Å². The number of piperazine rings is 1. The number of fused-ring (bicyclic) bond motifs is 3. The molecule has 2 spiro atoms. The highest BCUT2D eigenvalue weighted by Gasteiger charge is 2.58. The Morgan fingerprint density at radius 2 is 1.54 bits per heavy atom. The number of aromatic nitrogens is 2. The molecule has 0 unspecified atom stereocenters. The minimum Gasteiger partial charge on any atom is -0.507 e. The number of phenols is 1. The number of phenolic OH excluding ortho intramolecular Hbond substituents is 1. The Morgan fingerprint density at radius 1 is 0.854 bits per heavy atom. The Bertz CT molecular complexity index is 1540. The number of hydrogen-bond acceptors (Lipinski definition) is 10. The van der Waals surface area contributed by atoms with E-state index in [0.29, 0.717) is 29.0 Å². The zero-order valence-electron chi connectivity index (χ0n) is 28.9. The van der Waals surface area contributed by atoms with Gasteiger partial charge in [0.2, 0.25) is 0 Å². The Labute approximate surface area is 284 Å². The van der Waals surface area contributed by atoms with Crippen molar-refractivity contribution in [1.29, 1.82) is 0 Å². The zero-order valence-corrected chi connectivity index (χ0v) is 28.9. The maximum Gasteiger partial charge on any atom is 0.410 e. The van der Waals surface area contributed by atoms with Crippen LogP contribution >= 0.6 is 0 Å². The SMILES string of the molecule is CC(C)(C)OC(=O)N1CC2(CC(N3CCC(N4CC5(CC(N6CCN7c8cc(-c9ccccc9O)nnc8NC[C@H]7C6)C5)C4)CC3)C2)C1. The fourth-order valence-corrected chi connectivity index (χ4v) is 10.3. The normalized spacial score (nSPS) is 27.7. The van der Waals surface area contributed by atoms with Crippen molar-refractivity contribution < 1.29 is 14.6 Å². The number of rotatable bonds is 4. The molecule has 48 heavy (non-hydrogen) atoms. The van der Waals surface area contributed by atoms with Crippen LogP contribution < -0.4 is 10.2 Å². The zero-order chi connectivity index (χ0) is 32.8. The Morgan fingerprint density at radius 3 is 2.25 bits per heavy atom. The predicted octanol–water partition coefficient (Wildman–Crippen LogP) is 4.09.